The molecular formula is C12H20N2O2S. The molecule has 5 heteroatoms. The lowest BCUT2D eigenvalue weighted by Gasteiger charge is -2.20. The quantitative estimate of drug-likeness (QED) is 0.782. The van der Waals surface area contributed by atoms with Gasteiger partial charge in [-0.25, -0.2) is 13.1 Å². The summed E-state index contributed by atoms with van der Waals surface area (Å²) in [5, 5.41) is 3.22. The van der Waals surface area contributed by atoms with Crippen molar-refractivity contribution in [2.75, 3.05) is 13.1 Å². The van der Waals surface area contributed by atoms with Crippen LogP contribution in [0.5, 0.6) is 0 Å². The Labute approximate surface area is 103 Å². The van der Waals surface area contributed by atoms with Gasteiger partial charge in [0.2, 0.25) is 10.0 Å². The summed E-state index contributed by atoms with van der Waals surface area (Å²) in [6.07, 6.45) is 0. The molecule has 17 heavy (non-hydrogen) atoms. The van der Waals surface area contributed by atoms with Gasteiger partial charge in [-0.2, -0.15) is 0 Å². The molecule has 0 bridgehead atoms. The molecular weight excluding hydrogens is 236 g/mol. The first-order chi connectivity index (χ1) is 7.81. The number of benzene rings is 1. The van der Waals surface area contributed by atoms with E-state index in [1.807, 2.05) is 20.8 Å². The molecule has 0 saturated heterocycles. The molecule has 0 atom stereocenters. The van der Waals surface area contributed by atoms with Gasteiger partial charge in [0, 0.05) is 18.6 Å². The lowest BCUT2D eigenvalue weighted by molar-refractivity contribution is 0.428. The maximum absolute atomic E-state index is 11.8. The predicted octanol–water partition coefficient (Wildman–Crippen LogP) is 1.35. The van der Waals surface area contributed by atoms with Crippen LogP contribution in [0.4, 0.5) is 0 Å². The van der Waals surface area contributed by atoms with Crippen LogP contribution in [0.15, 0.2) is 35.2 Å². The molecule has 0 heterocycles. The van der Waals surface area contributed by atoms with E-state index in [-0.39, 0.29) is 5.54 Å². The summed E-state index contributed by atoms with van der Waals surface area (Å²) in [4.78, 5) is 0.302. The Balaban J connectivity index is 2.47. The number of sulfonamides is 1. The molecule has 1 aromatic carbocycles. The first-order valence-electron chi connectivity index (χ1n) is 5.61. The lowest BCUT2D eigenvalue weighted by Crippen LogP contribution is -2.41. The van der Waals surface area contributed by atoms with Crippen LogP contribution in [0, 0.1) is 0 Å². The molecule has 0 unspecified atom stereocenters. The van der Waals surface area contributed by atoms with Gasteiger partial charge in [0.25, 0.3) is 0 Å². The van der Waals surface area contributed by atoms with Gasteiger partial charge >= 0.3 is 0 Å². The second-order valence-corrected chi connectivity index (χ2v) is 6.65. The van der Waals surface area contributed by atoms with Crippen LogP contribution in [0.3, 0.4) is 0 Å². The maximum atomic E-state index is 11.8. The van der Waals surface area contributed by atoms with E-state index in [2.05, 4.69) is 10.0 Å². The van der Waals surface area contributed by atoms with E-state index in [0.29, 0.717) is 18.0 Å². The van der Waals surface area contributed by atoms with Crippen LogP contribution in [0.25, 0.3) is 0 Å². The van der Waals surface area contributed by atoms with Crippen LogP contribution in [-0.2, 0) is 10.0 Å². The van der Waals surface area contributed by atoms with Gasteiger partial charge in [-0.1, -0.05) is 18.2 Å². The monoisotopic (exact) mass is 256 g/mol. The van der Waals surface area contributed by atoms with Gasteiger partial charge in [-0.05, 0) is 32.9 Å². The maximum Gasteiger partial charge on any atom is 0.240 e. The molecule has 0 aliphatic heterocycles. The molecule has 0 aromatic heterocycles. The first-order valence-corrected chi connectivity index (χ1v) is 7.09. The van der Waals surface area contributed by atoms with Crippen molar-refractivity contribution < 1.29 is 8.42 Å². The third kappa shape index (κ3) is 5.30. The van der Waals surface area contributed by atoms with E-state index >= 15 is 0 Å². The zero-order valence-electron chi connectivity index (χ0n) is 10.5. The normalized spacial score (nSPS) is 12.6. The number of hydrogen-bond donors (Lipinski definition) is 2. The molecule has 0 fully saturated rings. The molecule has 0 aliphatic rings. The third-order valence-corrected chi connectivity index (χ3v) is 3.60. The Morgan fingerprint density at radius 1 is 1.06 bits per heavy atom. The Hall–Kier alpha value is -0.910. The van der Waals surface area contributed by atoms with Crippen molar-refractivity contribution >= 4 is 10.0 Å². The standard InChI is InChI=1S/C12H20N2O2S/c1-12(2,3)13-9-10-14-17(15,16)11-7-5-4-6-8-11/h4-8,13-14H,9-10H2,1-3H3. The molecule has 2 N–H and O–H groups in total. The summed E-state index contributed by atoms with van der Waals surface area (Å²) in [5.74, 6) is 0. The van der Waals surface area contributed by atoms with Gasteiger partial charge in [0.1, 0.15) is 0 Å². The topological polar surface area (TPSA) is 58.2 Å². The molecule has 0 radical (unpaired) electrons. The fourth-order valence-electron chi connectivity index (χ4n) is 1.31. The Bertz CT molecular complexity index is 435. The zero-order valence-corrected chi connectivity index (χ0v) is 11.3. The predicted molar refractivity (Wildman–Crippen MR) is 69.4 cm³/mol. The highest BCUT2D eigenvalue weighted by Crippen LogP contribution is 2.06. The highest BCUT2D eigenvalue weighted by Gasteiger charge is 2.13. The first kappa shape index (κ1) is 14.2. The number of nitrogens with one attached hydrogen (secondary N) is 2. The third-order valence-electron chi connectivity index (χ3n) is 2.13. The van der Waals surface area contributed by atoms with Crippen LogP contribution in [-0.4, -0.2) is 27.0 Å². The highest BCUT2D eigenvalue weighted by molar-refractivity contribution is 7.89. The van der Waals surface area contributed by atoms with Crippen molar-refractivity contribution in [2.24, 2.45) is 0 Å². The Morgan fingerprint density at radius 3 is 2.18 bits per heavy atom. The van der Waals surface area contributed by atoms with Gasteiger partial charge in [-0.15, -0.1) is 0 Å². The molecule has 1 rings (SSSR count). The van der Waals surface area contributed by atoms with Crippen molar-refractivity contribution in [3.05, 3.63) is 30.3 Å². The van der Waals surface area contributed by atoms with Crippen molar-refractivity contribution in [1.82, 2.24) is 10.0 Å². The van der Waals surface area contributed by atoms with Gasteiger partial charge in [0.05, 0.1) is 4.90 Å². The minimum Gasteiger partial charge on any atom is -0.311 e. The molecule has 1 aromatic rings. The van der Waals surface area contributed by atoms with E-state index in [0.717, 1.165) is 0 Å². The van der Waals surface area contributed by atoms with Crippen molar-refractivity contribution in [1.29, 1.82) is 0 Å². The van der Waals surface area contributed by atoms with E-state index in [1.165, 1.54) is 0 Å². The molecule has 4 nitrogen and oxygen atoms in total. The Morgan fingerprint density at radius 2 is 1.65 bits per heavy atom. The van der Waals surface area contributed by atoms with Gasteiger partial charge in [-0.3, -0.25) is 0 Å². The smallest absolute Gasteiger partial charge is 0.240 e. The molecule has 0 aliphatic carbocycles. The van der Waals surface area contributed by atoms with Crippen LogP contribution < -0.4 is 10.0 Å². The number of rotatable bonds is 5. The molecule has 96 valence electrons. The molecule has 0 spiro atoms. The molecule has 0 saturated carbocycles. The summed E-state index contributed by atoms with van der Waals surface area (Å²) < 4.78 is 26.2. The summed E-state index contributed by atoms with van der Waals surface area (Å²) in [7, 11) is -3.37. The fourth-order valence-corrected chi connectivity index (χ4v) is 2.36. The van der Waals surface area contributed by atoms with Gasteiger partial charge in [0.15, 0.2) is 0 Å². The summed E-state index contributed by atoms with van der Waals surface area (Å²) in [6.45, 7) is 7.11. The average Bonchev–Trinajstić information content (AvgIpc) is 2.25. The largest absolute Gasteiger partial charge is 0.311 e. The summed E-state index contributed by atoms with van der Waals surface area (Å²) >= 11 is 0. The van der Waals surface area contributed by atoms with E-state index in [4.69, 9.17) is 0 Å². The highest BCUT2D eigenvalue weighted by atomic mass is 32.2. The van der Waals surface area contributed by atoms with E-state index < -0.39 is 10.0 Å². The summed E-state index contributed by atoms with van der Waals surface area (Å²) in [6, 6.07) is 8.38. The van der Waals surface area contributed by atoms with Crippen LogP contribution in [0.2, 0.25) is 0 Å². The minimum atomic E-state index is -3.37. The Kier molecular flexibility index (Phi) is 4.68. The van der Waals surface area contributed by atoms with Crippen LogP contribution in [0.1, 0.15) is 20.8 Å². The van der Waals surface area contributed by atoms with E-state index in [1.54, 1.807) is 30.3 Å². The SMILES string of the molecule is CC(C)(C)NCCNS(=O)(=O)c1ccccc1. The molecule has 0 amide bonds. The van der Waals surface area contributed by atoms with Crippen LogP contribution >= 0.6 is 0 Å². The van der Waals surface area contributed by atoms with Crippen molar-refractivity contribution in [3.63, 3.8) is 0 Å². The second kappa shape index (κ2) is 5.62. The fraction of sp³-hybridized carbons (Fsp3) is 0.500. The minimum absolute atomic E-state index is 0.00180. The number of hydrogen-bond acceptors (Lipinski definition) is 3. The van der Waals surface area contributed by atoms with Gasteiger partial charge < -0.3 is 5.32 Å². The zero-order chi connectivity index (χ0) is 12.9. The van der Waals surface area contributed by atoms with Crippen molar-refractivity contribution in [3.8, 4) is 0 Å². The second-order valence-electron chi connectivity index (χ2n) is 4.89. The lowest BCUT2D eigenvalue weighted by atomic mass is 10.1. The average molecular weight is 256 g/mol. The van der Waals surface area contributed by atoms with Crippen molar-refractivity contribution in [2.45, 2.75) is 31.2 Å². The van der Waals surface area contributed by atoms with E-state index in [9.17, 15) is 8.42 Å². The summed E-state index contributed by atoms with van der Waals surface area (Å²) in [5.41, 5.74) is -0.00180.